The molecule has 0 spiro atoms. The van der Waals surface area contributed by atoms with E-state index in [1.165, 1.54) is 25.1 Å². The van der Waals surface area contributed by atoms with E-state index in [0.29, 0.717) is 0 Å². The molecule has 8 nitrogen and oxygen atoms in total. The standard InChI is InChI=1S/C11H13N5O3/c1-5(16-11(14)19)15-8-3-6(9(12)17)2-7(4-8)10(13)18/h2-4H,1H3,(H2,12,17)(H2,13,18)(H3,14,15,16,19). The van der Waals surface area contributed by atoms with Gasteiger partial charge in [0, 0.05) is 11.1 Å². The highest BCUT2D eigenvalue weighted by Crippen LogP contribution is 2.17. The summed E-state index contributed by atoms with van der Waals surface area (Å²) < 4.78 is 0. The molecule has 0 aliphatic carbocycles. The maximum atomic E-state index is 11.1. The van der Waals surface area contributed by atoms with Crippen LogP contribution in [0.3, 0.4) is 0 Å². The average molecular weight is 263 g/mol. The second-order valence-corrected chi connectivity index (χ2v) is 3.68. The van der Waals surface area contributed by atoms with Crippen LogP contribution in [0.25, 0.3) is 0 Å². The van der Waals surface area contributed by atoms with Gasteiger partial charge in [-0.15, -0.1) is 0 Å². The summed E-state index contributed by atoms with van der Waals surface area (Å²) in [7, 11) is 0. The number of rotatable bonds is 3. The van der Waals surface area contributed by atoms with E-state index in [0.717, 1.165) is 0 Å². The molecule has 0 radical (unpaired) electrons. The number of nitrogens with zero attached hydrogens (tertiary/aromatic N) is 1. The SMILES string of the molecule is CC(=Nc1cc(C(N)=O)cc(C(N)=O)c1)NC(N)=O. The van der Waals surface area contributed by atoms with E-state index in [4.69, 9.17) is 17.2 Å². The van der Waals surface area contributed by atoms with Gasteiger partial charge in [0.2, 0.25) is 11.8 Å². The Bertz CT molecular complexity index is 547. The van der Waals surface area contributed by atoms with Gasteiger partial charge in [-0.2, -0.15) is 0 Å². The molecule has 0 unspecified atom stereocenters. The zero-order chi connectivity index (χ0) is 14.6. The number of nitrogens with one attached hydrogen (secondary N) is 1. The second-order valence-electron chi connectivity index (χ2n) is 3.68. The number of amidine groups is 1. The lowest BCUT2D eigenvalue weighted by molar-refractivity contribution is 0.0999. The van der Waals surface area contributed by atoms with Crippen LogP contribution in [0.2, 0.25) is 0 Å². The molecule has 0 saturated carbocycles. The lowest BCUT2D eigenvalue weighted by Crippen LogP contribution is -2.33. The Labute approximate surface area is 108 Å². The van der Waals surface area contributed by atoms with E-state index in [-0.39, 0.29) is 22.6 Å². The summed E-state index contributed by atoms with van der Waals surface area (Å²) in [6, 6.07) is 3.21. The number of aliphatic imine (C=N–C) groups is 1. The Morgan fingerprint density at radius 2 is 1.47 bits per heavy atom. The predicted molar refractivity (Wildman–Crippen MR) is 69.0 cm³/mol. The molecule has 8 heteroatoms. The molecular formula is C11H13N5O3. The number of hydrogen-bond acceptors (Lipinski definition) is 4. The van der Waals surface area contributed by atoms with Crippen molar-refractivity contribution in [3.63, 3.8) is 0 Å². The molecule has 0 aromatic heterocycles. The molecule has 0 saturated heterocycles. The summed E-state index contributed by atoms with van der Waals surface area (Å²) in [4.78, 5) is 36.9. The van der Waals surface area contributed by atoms with E-state index >= 15 is 0 Å². The first-order chi connectivity index (χ1) is 8.79. The number of carbonyl (C=O) groups is 3. The fourth-order valence-corrected chi connectivity index (χ4v) is 1.36. The van der Waals surface area contributed by atoms with Gasteiger partial charge >= 0.3 is 6.03 Å². The van der Waals surface area contributed by atoms with Crippen LogP contribution in [0.4, 0.5) is 10.5 Å². The summed E-state index contributed by atoms with van der Waals surface area (Å²) in [5, 5.41) is 2.25. The van der Waals surface area contributed by atoms with Gasteiger partial charge in [-0.25, -0.2) is 9.79 Å². The summed E-state index contributed by atoms with van der Waals surface area (Å²) in [5.74, 6) is -1.25. The van der Waals surface area contributed by atoms with Crippen LogP contribution in [0.1, 0.15) is 27.6 Å². The maximum absolute atomic E-state index is 11.1. The summed E-state index contributed by atoms with van der Waals surface area (Å²) in [6.45, 7) is 1.49. The van der Waals surface area contributed by atoms with Crippen molar-refractivity contribution in [1.29, 1.82) is 0 Å². The van der Waals surface area contributed by atoms with Crippen LogP contribution >= 0.6 is 0 Å². The summed E-state index contributed by atoms with van der Waals surface area (Å²) in [5.41, 5.74) is 15.6. The largest absolute Gasteiger partial charge is 0.366 e. The first kappa shape index (κ1) is 14.2. The van der Waals surface area contributed by atoms with E-state index < -0.39 is 17.8 Å². The highest BCUT2D eigenvalue weighted by Gasteiger charge is 2.09. The Balaban J connectivity index is 3.23. The minimum absolute atomic E-state index is 0.0851. The third kappa shape index (κ3) is 4.11. The number of nitrogens with two attached hydrogens (primary N) is 3. The number of carbonyl (C=O) groups excluding carboxylic acids is 3. The topological polar surface area (TPSA) is 154 Å². The zero-order valence-corrected chi connectivity index (χ0v) is 10.1. The van der Waals surface area contributed by atoms with Crippen LogP contribution in [0.15, 0.2) is 23.2 Å². The normalized spacial score (nSPS) is 10.9. The Kier molecular flexibility index (Phi) is 4.19. The van der Waals surface area contributed by atoms with Crippen LogP contribution in [-0.4, -0.2) is 23.7 Å². The maximum Gasteiger partial charge on any atom is 0.317 e. The van der Waals surface area contributed by atoms with Crippen LogP contribution in [0.5, 0.6) is 0 Å². The van der Waals surface area contributed by atoms with Crippen molar-refractivity contribution in [1.82, 2.24) is 5.32 Å². The number of hydrogen-bond donors (Lipinski definition) is 4. The predicted octanol–water partition coefficient (Wildman–Crippen LogP) is -0.397. The quantitative estimate of drug-likeness (QED) is 0.433. The van der Waals surface area contributed by atoms with Gasteiger partial charge in [0.05, 0.1) is 5.69 Å². The van der Waals surface area contributed by atoms with Gasteiger partial charge in [-0.1, -0.05) is 0 Å². The molecule has 1 aromatic rings. The van der Waals surface area contributed by atoms with Gasteiger partial charge in [-0.05, 0) is 25.1 Å². The fourth-order valence-electron chi connectivity index (χ4n) is 1.36. The average Bonchev–Trinajstić information content (AvgIpc) is 2.26. The van der Waals surface area contributed by atoms with Gasteiger partial charge in [0.25, 0.3) is 0 Å². The minimum Gasteiger partial charge on any atom is -0.366 e. The highest BCUT2D eigenvalue weighted by molar-refractivity contribution is 6.01. The molecule has 7 N–H and O–H groups in total. The lowest BCUT2D eigenvalue weighted by Gasteiger charge is -2.04. The molecule has 19 heavy (non-hydrogen) atoms. The first-order valence-electron chi connectivity index (χ1n) is 5.16. The van der Waals surface area contributed by atoms with Gasteiger partial charge < -0.3 is 17.2 Å². The molecule has 4 amide bonds. The van der Waals surface area contributed by atoms with Crippen molar-refractivity contribution in [2.45, 2.75) is 6.92 Å². The second kappa shape index (κ2) is 5.63. The summed E-state index contributed by atoms with van der Waals surface area (Å²) in [6.07, 6.45) is 0. The zero-order valence-electron chi connectivity index (χ0n) is 10.1. The van der Waals surface area contributed by atoms with E-state index in [2.05, 4.69) is 10.3 Å². The number of amides is 4. The Morgan fingerprint density at radius 3 is 1.84 bits per heavy atom. The van der Waals surface area contributed by atoms with Crippen molar-refractivity contribution >= 4 is 29.4 Å². The van der Waals surface area contributed by atoms with Crippen molar-refractivity contribution in [3.8, 4) is 0 Å². The van der Waals surface area contributed by atoms with E-state index in [1.807, 2.05) is 0 Å². The molecule has 0 heterocycles. The third-order valence-electron chi connectivity index (χ3n) is 2.09. The Morgan fingerprint density at radius 1 is 1.00 bits per heavy atom. The first-order valence-corrected chi connectivity index (χ1v) is 5.16. The van der Waals surface area contributed by atoms with E-state index in [9.17, 15) is 14.4 Å². The molecular weight excluding hydrogens is 250 g/mol. The molecule has 100 valence electrons. The molecule has 0 aliphatic heterocycles. The minimum atomic E-state index is -0.776. The molecule has 0 bridgehead atoms. The molecule has 0 atom stereocenters. The number of urea groups is 1. The van der Waals surface area contributed by atoms with Gasteiger partial charge in [0.1, 0.15) is 5.84 Å². The monoisotopic (exact) mass is 263 g/mol. The highest BCUT2D eigenvalue weighted by atomic mass is 16.2. The smallest absolute Gasteiger partial charge is 0.317 e. The number of primary amides is 3. The van der Waals surface area contributed by atoms with E-state index in [1.54, 1.807) is 0 Å². The molecule has 0 fully saturated rings. The van der Waals surface area contributed by atoms with Crippen LogP contribution in [-0.2, 0) is 0 Å². The summed E-state index contributed by atoms with van der Waals surface area (Å²) >= 11 is 0. The molecule has 1 rings (SSSR count). The lowest BCUT2D eigenvalue weighted by atomic mass is 10.1. The third-order valence-corrected chi connectivity index (χ3v) is 2.09. The van der Waals surface area contributed by atoms with Crippen molar-refractivity contribution in [2.75, 3.05) is 0 Å². The van der Waals surface area contributed by atoms with Crippen molar-refractivity contribution in [3.05, 3.63) is 29.3 Å². The van der Waals surface area contributed by atoms with Crippen molar-refractivity contribution in [2.24, 2.45) is 22.2 Å². The fraction of sp³-hybridized carbons (Fsp3) is 0.0909. The molecule has 0 aliphatic rings. The number of benzene rings is 1. The van der Waals surface area contributed by atoms with Gasteiger partial charge in [-0.3, -0.25) is 14.9 Å². The van der Waals surface area contributed by atoms with Crippen LogP contribution in [0, 0.1) is 0 Å². The Hall–Kier alpha value is -2.90. The van der Waals surface area contributed by atoms with Gasteiger partial charge in [0.15, 0.2) is 0 Å². The molecule has 1 aromatic carbocycles. The van der Waals surface area contributed by atoms with Crippen molar-refractivity contribution < 1.29 is 14.4 Å². The van der Waals surface area contributed by atoms with Crippen LogP contribution < -0.4 is 22.5 Å².